The Morgan fingerprint density at radius 2 is 1.80 bits per heavy atom. The number of nitrogens with one attached hydrogen (secondary N) is 1. The zero-order chi connectivity index (χ0) is 15.3. The molecule has 0 spiro atoms. The molecule has 1 heterocycles. The Kier molecular flexibility index (Phi) is 5.80. The summed E-state index contributed by atoms with van der Waals surface area (Å²) in [6.45, 7) is 7.23. The van der Waals surface area contributed by atoms with Crippen molar-refractivity contribution < 1.29 is 14.3 Å². The largest absolute Gasteiger partial charge is 0.444 e. The van der Waals surface area contributed by atoms with Gasteiger partial charge in [-0.25, -0.2) is 4.79 Å². The lowest BCUT2D eigenvalue weighted by atomic mass is 10.1. The summed E-state index contributed by atoms with van der Waals surface area (Å²) >= 11 is 0. The molecule has 1 aliphatic rings. The number of amides is 2. The molecule has 1 fully saturated rings. The van der Waals surface area contributed by atoms with Crippen molar-refractivity contribution in [3.05, 3.63) is 0 Å². The van der Waals surface area contributed by atoms with E-state index in [0.717, 1.165) is 12.8 Å². The van der Waals surface area contributed by atoms with Crippen LogP contribution in [0.5, 0.6) is 0 Å². The van der Waals surface area contributed by atoms with E-state index in [1.807, 2.05) is 39.8 Å². The SMILES string of the molecule is CN(C)CC(=O)NC1CCN(C(=O)OC(C)(C)C)CC1. The van der Waals surface area contributed by atoms with Crippen molar-refractivity contribution in [1.82, 2.24) is 15.1 Å². The molecule has 1 rings (SSSR count). The van der Waals surface area contributed by atoms with Gasteiger partial charge in [-0.2, -0.15) is 0 Å². The Balaban J connectivity index is 2.33. The molecule has 116 valence electrons. The molecule has 20 heavy (non-hydrogen) atoms. The summed E-state index contributed by atoms with van der Waals surface area (Å²) in [5.74, 6) is 0.0331. The fourth-order valence-corrected chi connectivity index (χ4v) is 2.09. The molecular formula is C14H27N3O3. The second-order valence-electron chi connectivity index (χ2n) is 6.55. The minimum absolute atomic E-state index is 0.0331. The van der Waals surface area contributed by atoms with Crippen LogP contribution < -0.4 is 5.32 Å². The highest BCUT2D eigenvalue weighted by molar-refractivity contribution is 5.78. The molecule has 0 aromatic heterocycles. The van der Waals surface area contributed by atoms with E-state index in [1.165, 1.54) is 0 Å². The van der Waals surface area contributed by atoms with Crippen molar-refractivity contribution in [2.75, 3.05) is 33.7 Å². The van der Waals surface area contributed by atoms with E-state index in [9.17, 15) is 9.59 Å². The smallest absolute Gasteiger partial charge is 0.410 e. The predicted molar refractivity (Wildman–Crippen MR) is 77.5 cm³/mol. The molecule has 0 radical (unpaired) electrons. The first kappa shape index (κ1) is 16.8. The molecular weight excluding hydrogens is 258 g/mol. The van der Waals surface area contributed by atoms with Crippen LogP contribution in [0.1, 0.15) is 33.6 Å². The van der Waals surface area contributed by atoms with E-state index in [0.29, 0.717) is 19.6 Å². The minimum Gasteiger partial charge on any atom is -0.444 e. The number of carbonyl (C=O) groups is 2. The molecule has 0 saturated carbocycles. The third-order valence-corrected chi connectivity index (χ3v) is 2.97. The highest BCUT2D eigenvalue weighted by Crippen LogP contribution is 2.15. The van der Waals surface area contributed by atoms with Crippen molar-refractivity contribution in [2.45, 2.75) is 45.3 Å². The number of rotatable bonds is 3. The van der Waals surface area contributed by atoms with Crippen molar-refractivity contribution in [3.63, 3.8) is 0 Å². The molecule has 0 bridgehead atoms. The summed E-state index contributed by atoms with van der Waals surface area (Å²) in [5, 5.41) is 3.00. The molecule has 0 aliphatic carbocycles. The van der Waals surface area contributed by atoms with Gasteiger partial charge in [-0.15, -0.1) is 0 Å². The van der Waals surface area contributed by atoms with Gasteiger partial charge < -0.3 is 19.9 Å². The molecule has 1 aliphatic heterocycles. The highest BCUT2D eigenvalue weighted by Gasteiger charge is 2.27. The Bertz CT molecular complexity index is 342. The molecule has 1 N–H and O–H groups in total. The van der Waals surface area contributed by atoms with E-state index >= 15 is 0 Å². The van der Waals surface area contributed by atoms with Gasteiger partial charge in [0, 0.05) is 19.1 Å². The Morgan fingerprint density at radius 3 is 2.25 bits per heavy atom. The molecule has 0 aromatic rings. The van der Waals surface area contributed by atoms with Gasteiger partial charge in [0.1, 0.15) is 5.60 Å². The maximum absolute atomic E-state index is 11.9. The highest BCUT2D eigenvalue weighted by atomic mass is 16.6. The molecule has 0 aromatic carbocycles. The maximum atomic E-state index is 11.9. The minimum atomic E-state index is -0.464. The van der Waals surface area contributed by atoms with E-state index in [1.54, 1.807) is 4.90 Å². The second kappa shape index (κ2) is 6.92. The van der Waals surface area contributed by atoms with Crippen molar-refractivity contribution >= 4 is 12.0 Å². The third-order valence-electron chi connectivity index (χ3n) is 2.97. The fraction of sp³-hybridized carbons (Fsp3) is 0.857. The average molecular weight is 285 g/mol. The lowest BCUT2D eigenvalue weighted by Gasteiger charge is -2.33. The van der Waals surface area contributed by atoms with Crippen LogP contribution in [0.25, 0.3) is 0 Å². The van der Waals surface area contributed by atoms with Crippen molar-refractivity contribution in [2.24, 2.45) is 0 Å². The zero-order valence-electron chi connectivity index (χ0n) is 13.2. The van der Waals surface area contributed by atoms with E-state index < -0.39 is 5.60 Å². The number of ether oxygens (including phenoxy) is 1. The predicted octanol–water partition coefficient (Wildman–Crippen LogP) is 1.06. The van der Waals surface area contributed by atoms with Gasteiger partial charge in [0.05, 0.1) is 6.54 Å². The lowest BCUT2D eigenvalue weighted by Crippen LogP contribution is -2.49. The molecule has 1 saturated heterocycles. The summed E-state index contributed by atoms with van der Waals surface area (Å²) in [7, 11) is 3.73. The van der Waals surface area contributed by atoms with E-state index in [4.69, 9.17) is 4.74 Å². The van der Waals surface area contributed by atoms with Crippen LogP contribution in [0.15, 0.2) is 0 Å². The van der Waals surface area contributed by atoms with Gasteiger partial charge in [-0.1, -0.05) is 0 Å². The first-order valence-corrected chi connectivity index (χ1v) is 7.09. The maximum Gasteiger partial charge on any atom is 0.410 e. The Morgan fingerprint density at radius 1 is 1.25 bits per heavy atom. The molecule has 0 unspecified atom stereocenters. The molecule has 2 amide bonds. The third kappa shape index (κ3) is 6.23. The topological polar surface area (TPSA) is 61.9 Å². The summed E-state index contributed by atoms with van der Waals surface area (Å²) in [5.41, 5.74) is -0.464. The lowest BCUT2D eigenvalue weighted by molar-refractivity contribution is -0.122. The van der Waals surface area contributed by atoms with Crippen LogP contribution in [0.4, 0.5) is 4.79 Å². The summed E-state index contributed by atoms with van der Waals surface area (Å²) in [6.07, 6.45) is 1.28. The normalized spacial score (nSPS) is 17.2. The van der Waals surface area contributed by atoms with Gasteiger partial charge >= 0.3 is 6.09 Å². The number of nitrogens with zero attached hydrogens (tertiary/aromatic N) is 2. The Hall–Kier alpha value is -1.30. The van der Waals surface area contributed by atoms with Crippen LogP contribution >= 0.6 is 0 Å². The van der Waals surface area contributed by atoms with Gasteiger partial charge in [0.25, 0.3) is 0 Å². The fourth-order valence-electron chi connectivity index (χ4n) is 2.09. The number of likely N-dealkylation sites (tertiary alicyclic amines) is 1. The first-order valence-electron chi connectivity index (χ1n) is 7.09. The van der Waals surface area contributed by atoms with Crippen LogP contribution in [-0.2, 0) is 9.53 Å². The molecule has 6 heteroatoms. The zero-order valence-corrected chi connectivity index (χ0v) is 13.2. The number of piperidine rings is 1. The van der Waals surface area contributed by atoms with E-state index in [2.05, 4.69) is 5.32 Å². The van der Waals surface area contributed by atoms with Crippen LogP contribution in [0, 0.1) is 0 Å². The molecule has 6 nitrogen and oxygen atoms in total. The quantitative estimate of drug-likeness (QED) is 0.842. The number of carbonyl (C=O) groups excluding carboxylic acids is 2. The second-order valence-corrected chi connectivity index (χ2v) is 6.55. The van der Waals surface area contributed by atoms with Gasteiger partial charge in [0.15, 0.2) is 0 Å². The van der Waals surface area contributed by atoms with Gasteiger partial charge in [-0.05, 0) is 47.7 Å². The summed E-state index contributed by atoms with van der Waals surface area (Å²) < 4.78 is 5.34. The van der Waals surface area contributed by atoms with Gasteiger partial charge in [-0.3, -0.25) is 4.79 Å². The standard InChI is InChI=1S/C14H27N3O3/c1-14(2,3)20-13(19)17-8-6-11(7-9-17)15-12(18)10-16(4)5/h11H,6-10H2,1-5H3,(H,15,18). The van der Waals surface area contributed by atoms with Crippen molar-refractivity contribution in [1.29, 1.82) is 0 Å². The Labute approximate surface area is 121 Å². The average Bonchev–Trinajstić information content (AvgIpc) is 2.26. The van der Waals surface area contributed by atoms with Gasteiger partial charge in [0.2, 0.25) is 5.91 Å². The van der Waals surface area contributed by atoms with Crippen LogP contribution in [0.3, 0.4) is 0 Å². The van der Waals surface area contributed by atoms with Crippen molar-refractivity contribution in [3.8, 4) is 0 Å². The summed E-state index contributed by atoms with van der Waals surface area (Å²) in [6, 6.07) is 0.154. The summed E-state index contributed by atoms with van der Waals surface area (Å²) in [4.78, 5) is 27.1. The molecule has 0 atom stereocenters. The number of hydrogen-bond donors (Lipinski definition) is 1. The van der Waals surface area contributed by atoms with Crippen LogP contribution in [0.2, 0.25) is 0 Å². The van der Waals surface area contributed by atoms with E-state index in [-0.39, 0.29) is 18.0 Å². The first-order chi connectivity index (χ1) is 9.17. The number of hydrogen-bond acceptors (Lipinski definition) is 4. The van der Waals surface area contributed by atoms with Crippen LogP contribution in [-0.4, -0.2) is 67.2 Å². The monoisotopic (exact) mass is 285 g/mol. The number of likely N-dealkylation sites (N-methyl/N-ethyl adjacent to an activating group) is 1.